The average molecular weight is 275 g/mol. The molecule has 1 aliphatic rings. The number of carbonyl (C=O) groups excluding carboxylic acids is 1. The minimum atomic E-state index is -0.172. The summed E-state index contributed by atoms with van der Waals surface area (Å²) in [5.74, 6) is 0.402. The predicted molar refractivity (Wildman–Crippen MR) is 74.5 cm³/mol. The van der Waals surface area contributed by atoms with Gasteiger partial charge < -0.3 is 19.8 Å². The number of ether oxygens (including phenoxy) is 1. The molecule has 1 saturated heterocycles. The first kappa shape index (κ1) is 13.1. The SMILES string of the molecule is CNC1COCC1C(=O)Nc1ccc2oc(C)nc2c1. The standard InChI is InChI=1S/C14H17N3O3/c1-8-16-11-5-9(3-4-13(11)20-8)17-14(18)10-6-19-7-12(10)15-2/h3-5,10,12,15H,6-7H2,1-2H3,(H,17,18). The summed E-state index contributed by atoms with van der Waals surface area (Å²) in [5.41, 5.74) is 2.18. The molecule has 20 heavy (non-hydrogen) atoms. The van der Waals surface area contributed by atoms with Crippen molar-refractivity contribution in [1.82, 2.24) is 10.3 Å². The van der Waals surface area contributed by atoms with E-state index in [1.165, 1.54) is 0 Å². The largest absolute Gasteiger partial charge is 0.441 e. The number of aryl methyl sites for hydroxylation is 1. The maximum Gasteiger partial charge on any atom is 0.231 e. The van der Waals surface area contributed by atoms with E-state index in [2.05, 4.69) is 15.6 Å². The van der Waals surface area contributed by atoms with Gasteiger partial charge in [0.15, 0.2) is 11.5 Å². The van der Waals surface area contributed by atoms with Crippen LogP contribution >= 0.6 is 0 Å². The van der Waals surface area contributed by atoms with Crippen molar-refractivity contribution in [3.63, 3.8) is 0 Å². The van der Waals surface area contributed by atoms with E-state index in [1.807, 2.05) is 25.2 Å². The number of nitrogens with one attached hydrogen (secondary N) is 2. The molecule has 1 aromatic heterocycles. The Morgan fingerprint density at radius 1 is 1.40 bits per heavy atom. The summed E-state index contributed by atoms with van der Waals surface area (Å²) < 4.78 is 10.8. The van der Waals surface area contributed by atoms with E-state index in [-0.39, 0.29) is 17.9 Å². The fourth-order valence-electron chi connectivity index (χ4n) is 2.45. The molecular formula is C14H17N3O3. The number of rotatable bonds is 3. The molecule has 1 fully saturated rings. The van der Waals surface area contributed by atoms with Crippen LogP contribution in [0, 0.1) is 12.8 Å². The number of benzene rings is 1. The maximum absolute atomic E-state index is 12.3. The van der Waals surface area contributed by atoms with Crippen molar-refractivity contribution in [2.24, 2.45) is 5.92 Å². The molecule has 0 bridgehead atoms. The van der Waals surface area contributed by atoms with Crippen LogP contribution in [0.25, 0.3) is 11.1 Å². The smallest absolute Gasteiger partial charge is 0.231 e. The molecule has 6 heteroatoms. The van der Waals surface area contributed by atoms with E-state index in [9.17, 15) is 4.79 Å². The molecule has 1 aromatic carbocycles. The normalized spacial score (nSPS) is 22.3. The Kier molecular flexibility index (Phi) is 3.42. The second kappa shape index (κ2) is 5.22. The van der Waals surface area contributed by atoms with Gasteiger partial charge in [0.2, 0.25) is 5.91 Å². The highest BCUT2D eigenvalue weighted by Gasteiger charge is 2.32. The summed E-state index contributed by atoms with van der Waals surface area (Å²) in [6.45, 7) is 2.81. The van der Waals surface area contributed by atoms with Crippen LogP contribution in [0.1, 0.15) is 5.89 Å². The first-order valence-corrected chi connectivity index (χ1v) is 6.60. The van der Waals surface area contributed by atoms with Crippen LogP contribution in [0.3, 0.4) is 0 Å². The molecule has 1 amide bonds. The Hall–Kier alpha value is -1.92. The zero-order chi connectivity index (χ0) is 14.1. The average Bonchev–Trinajstić information content (AvgIpc) is 3.02. The van der Waals surface area contributed by atoms with Crippen molar-refractivity contribution >= 4 is 22.7 Å². The predicted octanol–water partition coefficient (Wildman–Crippen LogP) is 1.31. The van der Waals surface area contributed by atoms with E-state index >= 15 is 0 Å². The summed E-state index contributed by atoms with van der Waals surface area (Å²) in [5, 5.41) is 6.01. The van der Waals surface area contributed by atoms with Gasteiger partial charge in [-0.3, -0.25) is 4.79 Å². The monoisotopic (exact) mass is 275 g/mol. The van der Waals surface area contributed by atoms with Crippen molar-refractivity contribution in [3.8, 4) is 0 Å². The van der Waals surface area contributed by atoms with Gasteiger partial charge in [0.05, 0.1) is 19.1 Å². The Morgan fingerprint density at radius 2 is 2.25 bits per heavy atom. The van der Waals surface area contributed by atoms with E-state index in [1.54, 1.807) is 6.92 Å². The topological polar surface area (TPSA) is 76.4 Å². The van der Waals surface area contributed by atoms with Crippen LogP contribution in [-0.4, -0.2) is 37.2 Å². The third-order valence-electron chi connectivity index (χ3n) is 3.55. The summed E-state index contributed by atoms with van der Waals surface area (Å²) in [6, 6.07) is 5.50. The van der Waals surface area contributed by atoms with Crippen molar-refractivity contribution in [1.29, 1.82) is 0 Å². The molecule has 2 heterocycles. The summed E-state index contributed by atoms with van der Waals surface area (Å²) in [4.78, 5) is 16.5. The van der Waals surface area contributed by atoms with E-state index < -0.39 is 0 Å². The fourth-order valence-corrected chi connectivity index (χ4v) is 2.45. The Balaban J connectivity index is 1.76. The number of nitrogens with zero attached hydrogens (tertiary/aromatic N) is 1. The molecular weight excluding hydrogens is 258 g/mol. The molecule has 2 atom stereocenters. The van der Waals surface area contributed by atoms with Crippen molar-refractivity contribution in [2.45, 2.75) is 13.0 Å². The lowest BCUT2D eigenvalue weighted by atomic mass is 10.0. The first-order valence-electron chi connectivity index (χ1n) is 6.60. The van der Waals surface area contributed by atoms with Gasteiger partial charge in [-0.1, -0.05) is 0 Å². The van der Waals surface area contributed by atoms with Crippen molar-refractivity contribution in [2.75, 3.05) is 25.6 Å². The number of carbonyl (C=O) groups is 1. The Bertz CT molecular complexity index is 638. The van der Waals surface area contributed by atoms with Gasteiger partial charge in [0.25, 0.3) is 0 Å². The van der Waals surface area contributed by atoms with Crippen LogP contribution in [0.2, 0.25) is 0 Å². The summed E-state index contributed by atoms with van der Waals surface area (Å²) in [6.07, 6.45) is 0. The number of fused-ring (bicyclic) bond motifs is 1. The number of hydrogen-bond acceptors (Lipinski definition) is 5. The molecule has 0 radical (unpaired) electrons. The molecule has 0 aliphatic carbocycles. The molecule has 0 saturated carbocycles. The first-order chi connectivity index (χ1) is 9.67. The number of likely N-dealkylation sites (N-methyl/N-ethyl adjacent to an activating group) is 1. The van der Waals surface area contributed by atoms with Gasteiger partial charge in [-0.25, -0.2) is 4.98 Å². The van der Waals surface area contributed by atoms with Gasteiger partial charge in [0.1, 0.15) is 5.52 Å². The molecule has 2 aromatic rings. The van der Waals surface area contributed by atoms with Gasteiger partial charge in [-0.15, -0.1) is 0 Å². The second-order valence-electron chi connectivity index (χ2n) is 4.94. The highest BCUT2D eigenvalue weighted by atomic mass is 16.5. The summed E-state index contributed by atoms with van der Waals surface area (Å²) in [7, 11) is 1.84. The number of oxazole rings is 1. The summed E-state index contributed by atoms with van der Waals surface area (Å²) >= 11 is 0. The molecule has 2 unspecified atom stereocenters. The van der Waals surface area contributed by atoms with E-state index in [0.29, 0.717) is 19.1 Å². The maximum atomic E-state index is 12.3. The molecule has 6 nitrogen and oxygen atoms in total. The van der Waals surface area contributed by atoms with Crippen LogP contribution in [0.15, 0.2) is 22.6 Å². The zero-order valence-electron chi connectivity index (χ0n) is 11.5. The Labute approximate surface area is 116 Å². The highest BCUT2D eigenvalue weighted by molar-refractivity contribution is 5.95. The third kappa shape index (κ3) is 2.39. The molecule has 2 N–H and O–H groups in total. The number of anilines is 1. The van der Waals surface area contributed by atoms with Crippen LogP contribution in [-0.2, 0) is 9.53 Å². The zero-order valence-corrected chi connectivity index (χ0v) is 11.5. The lowest BCUT2D eigenvalue weighted by molar-refractivity contribution is -0.120. The third-order valence-corrected chi connectivity index (χ3v) is 3.55. The molecule has 106 valence electrons. The quantitative estimate of drug-likeness (QED) is 0.883. The van der Waals surface area contributed by atoms with Gasteiger partial charge >= 0.3 is 0 Å². The van der Waals surface area contributed by atoms with Crippen molar-refractivity contribution in [3.05, 3.63) is 24.1 Å². The minimum Gasteiger partial charge on any atom is -0.441 e. The van der Waals surface area contributed by atoms with Crippen molar-refractivity contribution < 1.29 is 13.9 Å². The van der Waals surface area contributed by atoms with Crippen LogP contribution in [0.5, 0.6) is 0 Å². The van der Waals surface area contributed by atoms with E-state index in [4.69, 9.17) is 9.15 Å². The van der Waals surface area contributed by atoms with Crippen LogP contribution in [0.4, 0.5) is 5.69 Å². The highest BCUT2D eigenvalue weighted by Crippen LogP contribution is 2.21. The van der Waals surface area contributed by atoms with Crippen LogP contribution < -0.4 is 10.6 Å². The van der Waals surface area contributed by atoms with Gasteiger partial charge in [0, 0.05) is 18.7 Å². The molecule has 3 rings (SSSR count). The van der Waals surface area contributed by atoms with Gasteiger partial charge in [-0.05, 0) is 25.2 Å². The number of aromatic nitrogens is 1. The molecule has 0 spiro atoms. The van der Waals surface area contributed by atoms with Gasteiger partial charge in [-0.2, -0.15) is 0 Å². The lowest BCUT2D eigenvalue weighted by Crippen LogP contribution is -2.39. The Morgan fingerprint density at radius 3 is 3.05 bits per heavy atom. The second-order valence-corrected chi connectivity index (χ2v) is 4.94. The van der Waals surface area contributed by atoms with E-state index in [0.717, 1.165) is 16.8 Å². The lowest BCUT2D eigenvalue weighted by Gasteiger charge is -2.16. The molecule has 1 aliphatic heterocycles. The number of amides is 1. The minimum absolute atomic E-state index is 0.0404. The fraction of sp³-hybridized carbons (Fsp3) is 0.429. The number of hydrogen-bond donors (Lipinski definition) is 2.